The normalized spacial score (nSPS) is 12.3. The van der Waals surface area contributed by atoms with Crippen LogP contribution in [-0.4, -0.2) is 12.3 Å². The highest BCUT2D eigenvalue weighted by Crippen LogP contribution is 2.29. The standard InChI is InChI=1S/C16H17NO4/c1-20-16-11-13(9-10-17(18)19)7-8-15(16)21-12-14-5-3-2-4-6-14/h2-11,17-18H,12H2,1H3. The molecule has 0 spiro atoms. The Labute approximate surface area is 123 Å². The molecule has 1 atom stereocenters. The number of methoxy groups -OCH3 is 1. The lowest BCUT2D eigenvalue weighted by atomic mass is 10.2. The predicted molar refractivity (Wildman–Crippen MR) is 78.9 cm³/mol. The lowest BCUT2D eigenvalue weighted by molar-refractivity contribution is -1.00. The molecular formula is C16H17NO4. The summed E-state index contributed by atoms with van der Waals surface area (Å²) in [5.74, 6) is 1.19. The third-order valence-corrected chi connectivity index (χ3v) is 2.84. The van der Waals surface area contributed by atoms with E-state index in [1.807, 2.05) is 30.3 Å². The van der Waals surface area contributed by atoms with Gasteiger partial charge in [0.05, 0.1) is 7.11 Å². The number of rotatable bonds is 6. The van der Waals surface area contributed by atoms with E-state index in [9.17, 15) is 5.21 Å². The van der Waals surface area contributed by atoms with E-state index in [0.29, 0.717) is 18.1 Å². The van der Waals surface area contributed by atoms with E-state index >= 15 is 0 Å². The number of benzene rings is 2. The molecule has 110 valence electrons. The average Bonchev–Trinajstić information content (AvgIpc) is 2.52. The van der Waals surface area contributed by atoms with Crippen LogP contribution in [-0.2, 0) is 6.61 Å². The first kappa shape index (κ1) is 15.1. The fourth-order valence-corrected chi connectivity index (χ4v) is 1.81. The number of ether oxygens (including phenoxy) is 2. The van der Waals surface area contributed by atoms with Crippen LogP contribution in [0, 0.1) is 5.21 Å². The number of hydrogen-bond acceptors (Lipinski definition) is 4. The van der Waals surface area contributed by atoms with E-state index in [4.69, 9.17) is 14.7 Å². The molecule has 21 heavy (non-hydrogen) atoms. The topological polar surface area (TPSA) is 66.2 Å². The van der Waals surface area contributed by atoms with Crippen molar-refractivity contribution in [3.63, 3.8) is 0 Å². The zero-order valence-electron chi connectivity index (χ0n) is 11.7. The molecule has 0 heterocycles. The molecule has 5 nitrogen and oxygen atoms in total. The molecule has 1 unspecified atom stereocenters. The first-order valence-corrected chi connectivity index (χ1v) is 6.45. The second-order valence-electron chi connectivity index (χ2n) is 4.36. The Morgan fingerprint density at radius 3 is 2.57 bits per heavy atom. The third kappa shape index (κ3) is 4.61. The van der Waals surface area contributed by atoms with Crippen molar-refractivity contribution >= 4 is 6.08 Å². The molecule has 2 aromatic carbocycles. The zero-order valence-corrected chi connectivity index (χ0v) is 11.7. The molecule has 2 rings (SSSR count). The molecule has 0 amide bonds. The highest BCUT2D eigenvalue weighted by atomic mass is 16.8. The largest absolute Gasteiger partial charge is 0.595 e. The maximum Gasteiger partial charge on any atom is 0.161 e. The second kappa shape index (κ2) is 7.44. The Kier molecular flexibility index (Phi) is 5.34. The summed E-state index contributed by atoms with van der Waals surface area (Å²) in [7, 11) is 1.55. The SMILES string of the molecule is COc1cc(C=C[NH+]([O-])O)ccc1OCc1ccccc1. The first-order chi connectivity index (χ1) is 10.2. The van der Waals surface area contributed by atoms with Gasteiger partial charge in [-0.15, -0.1) is 0 Å². The van der Waals surface area contributed by atoms with Crippen LogP contribution in [0.3, 0.4) is 0 Å². The molecule has 2 N–H and O–H groups in total. The summed E-state index contributed by atoms with van der Waals surface area (Å²) in [6.07, 6.45) is 2.59. The number of nitrogens with one attached hydrogen (secondary N) is 1. The van der Waals surface area contributed by atoms with Gasteiger partial charge in [0.2, 0.25) is 0 Å². The second-order valence-corrected chi connectivity index (χ2v) is 4.36. The van der Waals surface area contributed by atoms with Gasteiger partial charge in [0.25, 0.3) is 0 Å². The molecule has 2 aromatic rings. The van der Waals surface area contributed by atoms with Gasteiger partial charge in [-0.25, -0.2) is 10.4 Å². The maximum atomic E-state index is 10.5. The van der Waals surface area contributed by atoms with Crippen molar-refractivity contribution in [1.29, 1.82) is 0 Å². The molecule has 0 aromatic heterocycles. The number of hydrogen-bond donors (Lipinski definition) is 2. The fourth-order valence-electron chi connectivity index (χ4n) is 1.81. The summed E-state index contributed by atoms with van der Waals surface area (Å²) < 4.78 is 11.0. The van der Waals surface area contributed by atoms with E-state index in [-0.39, 0.29) is 0 Å². The minimum Gasteiger partial charge on any atom is -0.595 e. The highest BCUT2D eigenvalue weighted by Gasteiger charge is 2.05. The Hall–Kier alpha value is -2.34. The van der Waals surface area contributed by atoms with Crippen LogP contribution in [0.2, 0.25) is 0 Å². The Morgan fingerprint density at radius 1 is 1.14 bits per heavy atom. The van der Waals surface area contributed by atoms with Gasteiger partial charge < -0.3 is 14.7 Å². The molecule has 0 fully saturated rings. The van der Waals surface area contributed by atoms with Crippen molar-refractivity contribution in [1.82, 2.24) is 0 Å². The van der Waals surface area contributed by atoms with Crippen LogP contribution in [0.25, 0.3) is 6.08 Å². The Morgan fingerprint density at radius 2 is 1.90 bits per heavy atom. The van der Waals surface area contributed by atoms with E-state index in [0.717, 1.165) is 17.3 Å². The molecule has 0 aliphatic heterocycles. The average molecular weight is 287 g/mol. The minimum absolute atomic E-state index is 0.446. The van der Waals surface area contributed by atoms with Crippen LogP contribution in [0.1, 0.15) is 11.1 Å². The van der Waals surface area contributed by atoms with Crippen molar-refractivity contribution in [3.05, 3.63) is 71.1 Å². The molecular weight excluding hydrogens is 270 g/mol. The van der Waals surface area contributed by atoms with Gasteiger partial charge in [-0.05, 0) is 23.3 Å². The van der Waals surface area contributed by atoms with Crippen molar-refractivity contribution in [2.24, 2.45) is 0 Å². The maximum absolute atomic E-state index is 10.5. The van der Waals surface area contributed by atoms with Crippen molar-refractivity contribution < 1.29 is 19.9 Å². The van der Waals surface area contributed by atoms with Crippen LogP contribution in [0.15, 0.2) is 54.7 Å². The van der Waals surface area contributed by atoms with Gasteiger partial charge in [0, 0.05) is 6.08 Å². The predicted octanol–water partition coefficient (Wildman–Crippen LogP) is 2.02. The Balaban J connectivity index is 2.09. The van der Waals surface area contributed by atoms with Gasteiger partial charge in [-0.2, -0.15) is 0 Å². The Bertz CT molecular complexity index is 596. The zero-order chi connectivity index (χ0) is 15.1. The van der Waals surface area contributed by atoms with Crippen molar-refractivity contribution in [3.8, 4) is 11.5 Å². The van der Waals surface area contributed by atoms with Gasteiger partial charge in [0.1, 0.15) is 12.8 Å². The van der Waals surface area contributed by atoms with Crippen molar-refractivity contribution in [2.45, 2.75) is 6.61 Å². The summed E-state index contributed by atoms with van der Waals surface area (Å²) in [5, 5.41) is 18.1. The number of hydroxylamine groups is 2. The monoisotopic (exact) mass is 287 g/mol. The van der Waals surface area contributed by atoms with E-state index in [2.05, 4.69) is 0 Å². The van der Waals surface area contributed by atoms with Gasteiger partial charge in [-0.1, -0.05) is 36.4 Å². The molecule has 0 bridgehead atoms. The van der Waals surface area contributed by atoms with Gasteiger partial charge in [-0.3, -0.25) is 0 Å². The van der Waals surface area contributed by atoms with E-state index in [1.54, 1.807) is 25.3 Å². The quantitative estimate of drug-likeness (QED) is 0.798. The molecule has 0 aliphatic carbocycles. The lowest BCUT2D eigenvalue weighted by Crippen LogP contribution is -2.99. The van der Waals surface area contributed by atoms with Crippen LogP contribution >= 0.6 is 0 Å². The van der Waals surface area contributed by atoms with E-state index in [1.165, 1.54) is 6.08 Å². The third-order valence-electron chi connectivity index (χ3n) is 2.84. The van der Waals surface area contributed by atoms with Gasteiger partial charge in [0.15, 0.2) is 11.5 Å². The number of quaternary nitrogens is 1. The van der Waals surface area contributed by atoms with Crippen LogP contribution < -0.4 is 14.7 Å². The van der Waals surface area contributed by atoms with Crippen molar-refractivity contribution in [2.75, 3.05) is 7.11 Å². The summed E-state index contributed by atoms with van der Waals surface area (Å²) in [5.41, 5.74) is 1.80. The van der Waals surface area contributed by atoms with Crippen LogP contribution in [0.4, 0.5) is 0 Å². The van der Waals surface area contributed by atoms with Gasteiger partial charge >= 0.3 is 0 Å². The lowest BCUT2D eigenvalue weighted by Gasteiger charge is -2.11. The first-order valence-electron chi connectivity index (χ1n) is 6.45. The molecule has 0 radical (unpaired) electrons. The van der Waals surface area contributed by atoms with Crippen LogP contribution in [0.5, 0.6) is 11.5 Å². The summed E-state index contributed by atoms with van der Waals surface area (Å²) >= 11 is 0. The molecule has 0 saturated carbocycles. The fraction of sp³-hybridized carbons (Fsp3) is 0.125. The summed E-state index contributed by atoms with van der Waals surface area (Å²) in [6, 6.07) is 15.1. The van der Waals surface area contributed by atoms with E-state index < -0.39 is 5.23 Å². The minimum atomic E-state index is -0.988. The highest BCUT2D eigenvalue weighted by molar-refractivity contribution is 5.55. The molecule has 0 saturated heterocycles. The summed E-state index contributed by atoms with van der Waals surface area (Å²) in [6.45, 7) is 0.446. The summed E-state index contributed by atoms with van der Waals surface area (Å²) in [4.78, 5) is 0. The smallest absolute Gasteiger partial charge is 0.161 e. The molecule has 0 aliphatic rings. The molecule has 5 heteroatoms.